The Kier molecular flexibility index (Phi) is 6.77. The van der Waals surface area contributed by atoms with Gasteiger partial charge in [0, 0.05) is 38.6 Å². The predicted molar refractivity (Wildman–Crippen MR) is 98.7 cm³/mol. The molecule has 24 heavy (non-hydrogen) atoms. The second-order valence-electron chi connectivity index (χ2n) is 6.25. The van der Waals surface area contributed by atoms with E-state index >= 15 is 0 Å². The van der Waals surface area contributed by atoms with Gasteiger partial charge in [0.25, 0.3) is 0 Å². The Morgan fingerprint density at radius 3 is 2.21 bits per heavy atom. The number of carbonyl (C=O) groups excluding carboxylic acids is 1. The van der Waals surface area contributed by atoms with Crippen molar-refractivity contribution < 1.29 is 13.2 Å². The van der Waals surface area contributed by atoms with Gasteiger partial charge in [0.2, 0.25) is 15.9 Å². The van der Waals surface area contributed by atoms with Gasteiger partial charge in [0.1, 0.15) is 6.04 Å². The minimum Gasteiger partial charge on any atom is -0.342 e. The summed E-state index contributed by atoms with van der Waals surface area (Å²) in [6.07, 6.45) is 6.65. The van der Waals surface area contributed by atoms with Crippen molar-refractivity contribution in [3.63, 3.8) is 0 Å². The maximum Gasteiger partial charge on any atom is 0.245 e. The Balaban J connectivity index is 2.02. The normalized spacial score (nSPS) is 18.1. The van der Waals surface area contributed by atoms with Crippen LogP contribution < -0.4 is 0 Å². The van der Waals surface area contributed by atoms with Crippen LogP contribution in [0.3, 0.4) is 0 Å². The maximum absolute atomic E-state index is 12.9. The summed E-state index contributed by atoms with van der Waals surface area (Å²) in [5, 5.41) is -0.422. The molecule has 1 atom stereocenters. The van der Waals surface area contributed by atoms with Crippen LogP contribution in [0.4, 0.5) is 0 Å². The Hall–Kier alpha value is -0.990. The third-order valence-electron chi connectivity index (χ3n) is 4.37. The highest BCUT2D eigenvalue weighted by molar-refractivity contribution is 7.98. The highest BCUT2D eigenvalue weighted by Gasteiger charge is 2.33. The molecule has 0 spiro atoms. The van der Waals surface area contributed by atoms with Crippen LogP contribution in [0.15, 0.2) is 24.5 Å². The fraction of sp³-hybridized carbons (Fsp3) is 0.688. The Morgan fingerprint density at radius 1 is 1.12 bits per heavy atom. The summed E-state index contributed by atoms with van der Waals surface area (Å²) in [5.41, 5.74) is 0. The molecule has 0 radical (unpaired) electrons. The molecule has 0 unspecified atom stereocenters. The van der Waals surface area contributed by atoms with Crippen molar-refractivity contribution in [1.29, 1.82) is 0 Å². The number of rotatable bonds is 7. The number of amides is 1. The van der Waals surface area contributed by atoms with E-state index in [2.05, 4.69) is 0 Å². The monoisotopic (exact) mass is 373 g/mol. The molecule has 0 saturated carbocycles. The van der Waals surface area contributed by atoms with Crippen LogP contribution >= 0.6 is 11.8 Å². The lowest BCUT2D eigenvalue weighted by Gasteiger charge is -2.36. The van der Waals surface area contributed by atoms with Gasteiger partial charge in [0.05, 0.1) is 5.25 Å². The summed E-state index contributed by atoms with van der Waals surface area (Å²) in [6.45, 7) is 5.07. The van der Waals surface area contributed by atoms with Gasteiger partial charge in [-0.3, -0.25) is 4.79 Å². The summed E-state index contributed by atoms with van der Waals surface area (Å²) < 4.78 is 27.9. The van der Waals surface area contributed by atoms with Crippen LogP contribution in [-0.4, -0.2) is 71.5 Å². The van der Waals surface area contributed by atoms with Crippen LogP contribution in [0.25, 0.3) is 0 Å². The van der Waals surface area contributed by atoms with Gasteiger partial charge in [-0.25, -0.2) is 8.42 Å². The van der Waals surface area contributed by atoms with E-state index < -0.39 is 15.3 Å². The molecule has 0 aliphatic carbocycles. The minimum atomic E-state index is -3.24. The van der Waals surface area contributed by atoms with E-state index in [9.17, 15) is 13.2 Å². The van der Waals surface area contributed by atoms with E-state index in [-0.39, 0.29) is 11.9 Å². The molecule has 0 bridgehead atoms. The standard InChI is InChI=1S/C16H27N3O3S2/c1-14(2)24(21,22)19-11-9-18(10-12-19)16(20)15(6-13-23-3)17-7-4-5-8-17/h4-5,7-8,14-15H,6,9-13H2,1-3H3/t15-/m1/s1. The molecule has 1 aromatic rings. The zero-order chi connectivity index (χ0) is 17.7. The molecule has 0 N–H and O–H groups in total. The van der Waals surface area contributed by atoms with Crippen molar-refractivity contribution in [3.05, 3.63) is 24.5 Å². The largest absolute Gasteiger partial charge is 0.342 e. The topological polar surface area (TPSA) is 62.6 Å². The van der Waals surface area contributed by atoms with Gasteiger partial charge in [0.15, 0.2) is 0 Å². The number of piperazine rings is 1. The lowest BCUT2D eigenvalue weighted by atomic mass is 10.1. The fourth-order valence-corrected chi connectivity index (χ4v) is 4.58. The van der Waals surface area contributed by atoms with Gasteiger partial charge in [-0.1, -0.05) is 0 Å². The van der Waals surface area contributed by atoms with E-state index in [4.69, 9.17) is 0 Å². The lowest BCUT2D eigenvalue weighted by Crippen LogP contribution is -2.53. The summed E-state index contributed by atoms with van der Waals surface area (Å²) in [4.78, 5) is 14.7. The first-order valence-corrected chi connectivity index (χ1v) is 11.2. The highest BCUT2D eigenvalue weighted by Crippen LogP contribution is 2.20. The fourth-order valence-electron chi connectivity index (χ4n) is 2.86. The average molecular weight is 374 g/mol. The van der Waals surface area contributed by atoms with Crippen LogP contribution in [0.5, 0.6) is 0 Å². The first-order chi connectivity index (χ1) is 11.4. The van der Waals surface area contributed by atoms with E-state index in [0.29, 0.717) is 26.2 Å². The maximum atomic E-state index is 12.9. The number of hydrogen-bond donors (Lipinski definition) is 0. The Morgan fingerprint density at radius 2 is 1.71 bits per heavy atom. The molecule has 2 heterocycles. The molecular formula is C16H27N3O3S2. The molecule has 136 valence electrons. The molecule has 6 nitrogen and oxygen atoms in total. The SMILES string of the molecule is CSCC[C@H](C(=O)N1CCN(S(=O)(=O)C(C)C)CC1)n1cccc1. The molecule has 2 rings (SSSR count). The highest BCUT2D eigenvalue weighted by atomic mass is 32.2. The third-order valence-corrected chi connectivity index (χ3v) is 7.29. The Labute approximate surface area is 149 Å². The summed E-state index contributed by atoms with van der Waals surface area (Å²) in [5.74, 6) is 0.998. The lowest BCUT2D eigenvalue weighted by molar-refractivity contribution is -0.136. The van der Waals surface area contributed by atoms with Crippen LogP contribution in [0, 0.1) is 0 Å². The van der Waals surface area contributed by atoms with E-state index in [0.717, 1.165) is 12.2 Å². The number of sulfonamides is 1. The van der Waals surface area contributed by atoms with Gasteiger partial charge in [-0.2, -0.15) is 16.1 Å². The number of carbonyl (C=O) groups is 1. The summed E-state index contributed by atoms with van der Waals surface area (Å²) in [6, 6.07) is 3.64. The molecule has 0 aromatic carbocycles. The summed E-state index contributed by atoms with van der Waals surface area (Å²) in [7, 11) is -3.24. The molecule has 1 fully saturated rings. The average Bonchev–Trinajstić information content (AvgIpc) is 3.09. The number of nitrogens with zero attached hydrogens (tertiary/aromatic N) is 3. The second kappa shape index (κ2) is 8.40. The van der Waals surface area contributed by atoms with Crippen LogP contribution in [0.1, 0.15) is 26.3 Å². The van der Waals surface area contributed by atoms with Crippen molar-refractivity contribution in [1.82, 2.24) is 13.8 Å². The smallest absolute Gasteiger partial charge is 0.245 e. The molecule has 1 saturated heterocycles. The van der Waals surface area contributed by atoms with Gasteiger partial charge in [-0.15, -0.1) is 0 Å². The predicted octanol–water partition coefficient (Wildman–Crippen LogP) is 1.66. The van der Waals surface area contributed by atoms with E-state index in [1.807, 2.05) is 35.3 Å². The molecule has 8 heteroatoms. The summed E-state index contributed by atoms with van der Waals surface area (Å²) >= 11 is 1.73. The van der Waals surface area contributed by atoms with Crippen molar-refractivity contribution in [2.45, 2.75) is 31.6 Å². The third kappa shape index (κ3) is 4.34. The van der Waals surface area contributed by atoms with Gasteiger partial charge < -0.3 is 9.47 Å². The first-order valence-electron chi connectivity index (χ1n) is 8.27. The van der Waals surface area contributed by atoms with Gasteiger partial charge in [-0.05, 0) is 44.4 Å². The van der Waals surface area contributed by atoms with Crippen molar-refractivity contribution in [3.8, 4) is 0 Å². The molecular weight excluding hydrogens is 346 g/mol. The van der Waals surface area contributed by atoms with E-state index in [1.165, 1.54) is 4.31 Å². The molecule has 1 amide bonds. The number of thioether (sulfide) groups is 1. The second-order valence-corrected chi connectivity index (χ2v) is 9.72. The molecule has 1 aliphatic rings. The minimum absolute atomic E-state index is 0.0850. The zero-order valence-electron chi connectivity index (χ0n) is 14.6. The van der Waals surface area contributed by atoms with Crippen molar-refractivity contribution in [2.75, 3.05) is 38.2 Å². The zero-order valence-corrected chi connectivity index (χ0v) is 16.2. The quantitative estimate of drug-likeness (QED) is 0.729. The van der Waals surface area contributed by atoms with Crippen LogP contribution in [-0.2, 0) is 14.8 Å². The van der Waals surface area contributed by atoms with E-state index in [1.54, 1.807) is 30.5 Å². The molecule has 1 aliphatic heterocycles. The van der Waals surface area contributed by atoms with Crippen molar-refractivity contribution in [2.24, 2.45) is 0 Å². The molecule has 1 aromatic heterocycles. The number of hydrogen-bond acceptors (Lipinski definition) is 4. The number of aromatic nitrogens is 1. The Bertz CT molecular complexity index is 621. The first kappa shape index (κ1) is 19.3. The van der Waals surface area contributed by atoms with Gasteiger partial charge >= 0.3 is 0 Å². The van der Waals surface area contributed by atoms with Crippen LogP contribution in [0.2, 0.25) is 0 Å². The van der Waals surface area contributed by atoms with Crippen molar-refractivity contribution >= 4 is 27.7 Å².